The Kier molecular flexibility index (Phi) is 4.94. The average molecular weight is 431 g/mol. The van der Waals surface area contributed by atoms with Crippen LogP contribution in [0.15, 0.2) is 65.8 Å². The normalized spacial score (nSPS) is 22.2. The first-order valence-corrected chi connectivity index (χ1v) is 10.7. The molecule has 3 heterocycles. The number of fused-ring (bicyclic) bond motifs is 3. The van der Waals surface area contributed by atoms with Crippen molar-refractivity contribution in [1.82, 2.24) is 14.7 Å². The lowest BCUT2D eigenvalue weighted by Crippen LogP contribution is -2.64. The van der Waals surface area contributed by atoms with Crippen LogP contribution in [0.1, 0.15) is 17.5 Å². The Labute approximate surface area is 186 Å². The molecular weight excluding hydrogens is 406 g/mol. The van der Waals surface area contributed by atoms with Crippen molar-refractivity contribution in [3.8, 4) is 0 Å². The molecule has 3 aliphatic heterocycles. The number of hydrogen-bond acceptors (Lipinski definition) is 6. The van der Waals surface area contributed by atoms with Gasteiger partial charge in [0.1, 0.15) is 0 Å². The maximum atomic E-state index is 13.4. The van der Waals surface area contributed by atoms with Crippen LogP contribution in [0.25, 0.3) is 5.70 Å². The van der Waals surface area contributed by atoms with E-state index in [0.29, 0.717) is 12.4 Å². The minimum Gasteiger partial charge on any atom is -0.396 e. The SMILES string of the molecule is Cc1cccc(N2C(c3ccccc3)=CN3C2=NC2C3C(=O)N(CCCO)C(=O)N2C)c1. The third kappa shape index (κ3) is 3.06. The molecule has 2 aromatic carbocycles. The molecule has 164 valence electrons. The van der Waals surface area contributed by atoms with E-state index in [1.807, 2.05) is 71.5 Å². The van der Waals surface area contributed by atoms with Gasteiger partial charge in [-0.2, -0.15) is 0 Å². The molecule has 0 aromatic heterocycles. The lowest BCUT2D eigenvalue weighted by molar-refractivity contribution is -0.136. The average Bonchev–Trinajstić information content (AvgIpc) is 3.34. The number of guanidine groups is 1. The number of aliphatic hydroxyl groups excluding tert-OH is 1. The lowest BCUT2D eigenvalue weighted by atomic mass is 10.1. The van der Waals surface area contributed by atoms with Gasteiger partial charge in [-0.1, -0.05) is 42.5 Å². The largest absolute Gasteiger partial charge is 0.396 e. The second kappa shape index (κ2) is 7.80. The predicted molar refractivity (Wildman–Crippen MR) is 122 cm³/mol. The highest BCUT2D eigenvalue weighted by atomic mass is 16.3. The van der Waals surface area contributed by atoms with Crippen LogP contribution in [-0.4, -0.2) is 70.1 Å². The summed E-state index contributed by atoms with van der Waals surface area (Å²) in [6, 6.07) is 17.1. The topological polar surface area (TPSA) is 79.7 Å². The fourth-order valence-corrected chi connectivity index (χ4v) is 4.50. The maximum absolute atomic E-state index is 13.4. The van der Waals surface area contributed by atoms with Crippen molar-refractivity contribution in [2.24, 2.45) is 4.99 Å². The third-order valence-corrected chi connectivity index (χ3v) is 6.08. The third-order valence-electron chi connectivity index (χ3n) is 6.08. The summed E-state index contributed by atoms with van der Waals surface area (Å²) in [4.78, 5) is 37.7. The number of benzene rings is 2. The number of likely N-dealkylation sites (N-methyl/N-ethyl adjacent to an activating group) is 1. The molecule has 0 spiro atoms. The van der Waals surface area contributed by atoms with Crippen molar-refractivity contribution < 1.29 is 14.7 Å². The van der Waals surface area contributed by atoms with E-state index < -0.39 is 12.2 Å². The van der Waals surface area contributed by atoms with Crippen LogP contribution in [0, 0.1) is 6.92 Å². The molecule has 8 nitrogen and oxygen atoms in total. The van der Waals surface area contributed by atoms with Crippen molar-refractivity contribution in [3.05, 3.63) is 71.9 Å². The number of carbonyl (C=O) groups excluding carboxylic acids is 2. The number of amides is 3. The Morgan fingerprint density at radius 2 is 1.84 bits per heavy atom. The minimum atomic E-state index is -0.639. The molecule has 1 fully saturated rings. The van der Waals surface area contributed by atoms with E-state index in [1.165, 1.54) is 9.80 Å². The molecule has 3 amide bonds. The number of hydrogen-bond donors (Lipinski definition) is 1. The predicted octanol–water partition coefficient (Wildman–Crippen LogP) is 2.46. The zero-order valence-electron chi connectivity index (χ0n) is 18.0. The number of nitrogens with zero attached hydrogens (tertiary/aromatic N) is 5. The molecule has 0 saturated carbocycles. The highest BCUT2D eigenvalue weighted by Gasteiger charge is 2.54. The molecule has 5 rings (SSSR count). The Balaban J connectivity index is 1.60. The van der Waals surface area contributed by atoms with Gasteiger partial charge < -0.3 is 10.0 Å². The molecule has 3 aliphatic rings. The number of carbonyl (C=O) groups is 2. The van der Waals surface area contributed by atoms with Gasteiger partial charge >= 0.3 is 6.03 Å². The van der Waals surface area contributed by atoms with E-state index in [4.69, 9.17) is 4.99 Å². The van der Waals surface area contributed by atoms with E-state index in [0.717, 1.165) is 22.5 Å². The van der Waals surface area contributed by atoms with Crippen LogP contribution in [0.2, 0.25) is 0 Å². The van der Waals surface area contributed by atoms with Gasteiger partial charge in [0, 0.05) is 37.7 Å². The molecule has 0 aliphatic carbocycles. The smallest absolute Gasteiger partial charge is 0.328 e. The molecule has 2 unspecified atom stereocenters. The molecule has 32 heavy (non-hydrogen) atoms. The van der Waals surface area contributed by atoms with E-state index >= 15 is 0 Å². The van der Waals surface area contributed by atoms with Crippen LogP contribution < -0.4 is 4.90 Å². The van der Waals surface area contributed by atoms with E-state index in [-0.39, 0.29) is 25.1 Å². The summed E-state index contributed by atoms with van der Waals surface area (Å²) in [6.45, 7) is 2.13. The van der Waals surface area contributed by atoms with E-state index in [2.05, 4.69) is 6.07 Å². The second-order valence-corrected chi connectivity index (χ2v) is 8.21. The number of rotatable bonds is 5. The van der Waals surface area contributed by atoms with Crippen molar-refractivity contribution in [2.45, 2.75) is 25.6 Å². The highest BCUT2D eigenvalue weighted by molar-refractivity contribution is 6.16. The second-order valence-electron chi connectivity index (χ2n) is 8.21. The molecular formula is C24H25N5O3. The number of aliphatic imine (C=N–C) groups is 1. The van der Waals surface area contributed by atoms with Crippen LogP contribution in [0.4, 0.5) is 10.5 Å². The van der Waals surface area contributed by atoms with Crippen molar-refractivity contribution in [2.75, 3.05) is 25.1 Å². The Morgan fingerprint density at radius 1 is 1.06 bits per heavy atom. The van der Waals surface area contributed by atoms with Crippen LogP contribution >= 0.6 is 0 Å². The lowest BCUT2D eigenvalue weighted by Gasteiger charge is -2.40. The van der Waals surface area contributed by atoms with Crippen LogP contribution in [-0.2, 0) is 4.79 Å². The summed E-state index contributed by atoms with van der Waals surface area (Å²) in [5.74, 6) is 0.335. The first-order valence-electron chi connectivity index (χ1n) is 10.7. The number of imide groups is 1. The molecule has 0 radical (unpaired) electrons. The van der Waals surface area contributed by atoms with Gasteiger partial charge in [0.15, 0.2) is 12.2 Å². The zero-order chi connectivity index (χ0) is 22.4. The summed E-state index contributed by atoms with van der Waals surface area (Å²) in [7, 11) is 1.67. The number of aryl methyl sites for hydroxylation is 1. The Morgan fingerprint density at radius 3 is 2.56 bits per heavy atom. The first kappa shape index (κ1) is 20.3. The Hall–Kier alpha value is -3.65. The van der Waals surface area contributed by atoms with Crippen LogP contribution in [0.5, 0.6) is 0 Å². The van der Waals surface area contributed by atoms with Gasteiger partial charge in [0.25, 0.3) is 5.91 Å². The molecule has 2 atom stereocenters. The summed E-state index contributed by atoms with van der Waals surface area (Å²) < 4.78 is 0. The van der Waals surface area contributed by atoms with Crippen molar-refractivity contribution >= 4 is 29.3 Å². The quantitative estimate of drug-likeness (QED) is 0.787. The monoisotopic (exact) mass is 431 g/mol. The van der Waals surface area contributed by atoms with Gasteiger partial charge in [-0.15, -0.1) is 0 Å². The Bertz CT molecular complexity index is 1130. The number of urea groups is 1. The molecule has 0 bridgehead atoms. The zero-order valence-corrected chi connectivity index (χ0v) is 18.0. The molecule has 8 heteroatoms. The number of anilines is 1. The van der Waals surface area contributed by atoms with Gasteiger partial charge in [0.2, 0.25) is 5.96 Å². The highest BCUT2D eigenvalue weighted by Crippen LogP contribution is 2.40. The summed E-state index contributed by atoms with van der Waals surface area (Å²) in [5, 5.41) is 9.20. The van der Waals surface area contributed by atoms with Crippen LogP contribution in [0.3, 0.4) is 0 Å². The maximum Gasteiger partial charge on any atom is 0.328 e. The summed E-state index contributed by atoms with van der Waals surface area (Å²) in [6.07, 6.45) is 1.69. The molecule has 1 N–H and O–H groups in total. The van der Waals surface area contributed by atoms with Gasteiger partial charge in [-0.25, -0.2) is 9.79 Å². The fourth-order valence-electron chi connectivity index (χ4n) is 4.50. The van der Waals surface area contributed by atoms with Crippen molar-refractivity contribution in [1.29, 1.82) is 0 Å². The fraction of sp³-hybridized carbons (Fsp3) is 0.292. The number of aliphatic hydroxyl groups is 1. The standard InChI is InChI=1S/C24H25N5O3/c1-16-8-6-11-18(14-16)29-19(17-9-4-3-5-10-17)15-28-20-21(25-23(28)29)26(2)24(32)27(22(20)31)12-7-13-30/h3-6,8-11,14-15,20-21,30H,7,12-13H2,1-2H3. The summed E-state index contributed by atoms with van der Waals surface area (Å²) in [5.41, 5.74) is 3.98. The van der Waals surface area contributed by atoms with Crippen molar-refractivity contribution in [3.63, 3.8) is 0 Å². The first-order chi connectivity index (χ1) is 15.5. The summed E-state index contributed by atoms with van der Waals surface area (Å²) >= 11 is 0. The molecule has 2 aromatic rings. The van der Waals surface area contributed by atoms with E-state index in [9.17, 15) is 14.7 Å². The van der Waals surface area contributed by atoms with E-state index in [1.54, 1.807) is 7.05 Å². The minimum absolute atomic E-state index is 0.0838. The van der Waals surface area contributed by atoms with Gasteiger partial charge in [0.05, 0.1) is 5.70 Å². The molecule has 1 saturated heterocycles. The van der Waals surface area contributed by atoms with Gasteiger partial charge in [-0.3, -0.25) is 19.5 Å². The van der Waals surface area contributed by atoms with Gasteiger partial charge in [-0.05, 0) is 31.0 Å².